The Morgan fingerprint density at radius 1 is 0.583 bits per heavy atom. The maximum absolute atomic E-state index is 11.0. The molecule has 0 fully saturated rings. The quantitative estimate of drug-likeness (QED) is 0.0478. The topological polar surface area (TPSA) is 104 Å². The fraction of sp³-hybridized carbons (Fsp3) is 0.946. The van der Waals surface area contributed by atoms with Crippen molar-refractivity contribution in [3.8, 4) is 0 Å². The molecule has 0 unspecified atom stereocenters. The minimum absolute atomic E-state index is 0.149. The van der Waals surface area contributed by atoms with Gasteiger partial charge < -0.3 is 29.8 Å². The number of aliphatic hydroxyl groups excluding tert-OH is 1. The number of rotatable bonds is 28. The van der Waals surface area contributed by atoms with Crippen LogP contribution in [-0.4, -0.2) is 74.4 Å². The number of carbonyl (C=O) groups excluding carboxylic acids is 2. The molecule has 0 spiro atoms. The van der Waals surface area contributed by atoms with Crippen molar-refractivity contribution in [2.24, 2.45) is 0 Å². The zero-order valence-electron chi connectivity index (χ0n) is 31.8. The molecule has 0 radical (unpaired) electrons. The summed E-state index contributed by atoms with van der Waals surface area (Å²) in [7, 11) is 3.85. The van der Waals surface area contributed by atoms with Crippen molar-refractivity contribution in [3.63, 3.8) is 0 Å². The van der Waals surface area contributed by atoms with Gasteiger partial charge in [0.15, 0.2) is 0 Å². The van der Waals surface area contributed by atoms with E-state index >= 15 is 0 Å². The Morgan fingerprint density at radius 3 is 1.02 bits per heavy atom. The van der Waals surface area contributed by atoms with Gasteiger partial charge in [-0.3, -0.25) is 0 Å². The Balaban J connectivity index is -0.000000169. The van der Waals surface area contributed by atoms with Gasteiger partial charge >= 0.3 is 73.6 Å². The van der Waals surface area contributed by atoms with E-state index in [0.717, 1.165) is 32.2 Å². The van der Waals surface area contributed by atoms with E-state index in [1.165, 1.54) is 116 Å². The van der Waals surface area contributed by atoms with Crippen LogP contribution in [0.15, 0.2) is 0 Å². The molecule has 0 saturated carbocycles. The van der Waals surface area contributed by atoms with Gasteiger partial charge in [-0.25, -0.2) is 0 Å². The number of hydrogen-bond donors (Lipinski definition) is 1. The molecule has 11 heteroatoms. The molecular weight excluding hydrogens is 782 g/mol. The van der Waals surface area contributed by atoms with Gasteiger partial charge in [0, 0.05) is 18.5 Å². The van der Waals surface area contributed by atoms with Crippen molar-refractivity contribution in [3.05, 3.63) is 0 Å². The van der Waals surface area contributed by atoms with Gasteiger partial charge in [-0.1, -0.05) is 117 Å². The second-order valence-electron chi connectivity index (χ2n) is 12.3. The van der Waals surface area contributed by atoms with E-state index in [1.54, 1.807) is 8.87 Å². The maximum atomic E-state index is 11.0. The molecule has 0 bridgehead atoms. The molecule has 0 aromatic rings. The Hall–Kier alpha value is 0.459. The molecule has 0 amide bonds. The molecule has 0 heterocycles. The molecule has 0 aliphatic heterocycles. The van der Waals surface area contributed by atoms with Gasteiger partial charge in [0.1, 0.15) is 0 Å². The van der Waals surface area contributed by atoms with E-state index in [9.17, 15) is 24.2 Å². The van der Waals surface area contributed by atoms with E-state index < -0.39 is 16.0 Å². The second-order valence-corrected chi connectivity index (χ2v) is 18.7. The summed E-state index contributed by atoms with van der Waals surface area (Å²) in [5.74, 6) is -1.82. The van der Waals surface area contributed by atoms with Crippen LogP contribution in [0, 0.1) is 0 Å². The van der Waals surface area contributed by atoms with E-state index in [2.05, 4.69) is 62.5 Å². The number of hydrogen-bond acceptors (Lipinski definition) is 6. The minimum atomic E-state index is -2.58. The summed E-state index contributed by atoms with van der Waals surface area (Å²) in [6, 6.07) is 0. The zero-order valence-corrected chi connectivity index (χ0v) is 37.0. The first kappa shape index (κ1) is 57.8. The Labute approximate surface area is 322 Å². The van der Waals surface area contributed by atoms with Crippen molar-refractivity contribution < 1.29 is 29.3 Å². The molecule has 0 aromatic heterocycles. The molecule has 0 aliphatic carbocycles. The van der Waals surface area contributed by atoms with Crippen LogP contribution in [0.5, 0.6) is 0 Å². The number of carboxylic acids is 2. The van der Waals surface area contributed by atoms with Gasteiger partial charge in [-0.15, -0.1) is 0 Å². The molecule has 0 aliphatic rings. The second kappa shape index (κ2) is 51.8. The summed E-state index contributed by atoms with van der Waals surface area (Å²) in [4.78, 5) is 22.1. The average Bonchev–Trinajstić information content (AvgIpc) is 2.99. The Bertz CT molecular complexity index is 560. The van der Waals surface area contributed by atoms with E-state index in [4.69, 9.17) is 5.11 Å². The molecule has 0 atom stereocenters. The summed E-state index contributed by atoms with van der Waals surface area (Å²) in [5, 5.41) is 28.4. The molecule has 0 rings (SSSR count). The van der Waals surface area contributed by atoms with Crippen LogP contribution in [0.3, 0.4) is 0 Å². The van der Waals surface area contributed by atoms with Gasteiger partial charge in [-0.2, -0.15) is 4.39 Å². The molecule has 290 valence electrons. The van der Waals surface area contributed by atoms with E-state index in [-0.39, 0.29) is 40.6 Å². The number of aliphatic hydroxyl groups is 1. The molecule has 48 heavy (non-hydrogen) atoms. The number of halogens is 4. The third kappa shape index (κ3) is 97.0. The summed E-state index contributed by atoms with van der Waals surface area (Å²) in [6.45, 7) is 10.0. The number of carbonyl (C=O) groups is 2. The summed E-state index contributed by atoms with van der Waals surface area (Å²) >= 11 is 13.3. The fourth-order valence-corrected chi connectivity index (χ4v) is 8.25. The van der Waals surface area contributed by atoms with Crippen LogP contribution in [-0.2, 0) is 9.59 Å². The summed E-state index contributed by atoms with van der Waals surface area (Å²) in [5.41, 5.74) is 0. The van der Waals surface area contributed by atoms with Crippen LogP contribution < -0.4 is 10.2 Å². The summed E-state index contributed by atoms with van der Waals surface area (Å²) < 4.78 is 11.7. The minimum Gasteiger partial charge on any atom is -0.395 e. The predicted molar refractivity (Wildman–Crippen MR) is 206 cm³/mol. The van der Waals surface area contributed by atoms with Gasteiger partial charge in [-0.05, 0) is 74.6 Å². The number of aliphatic carboxylic acids is 2. The number of unbranched alkanes of at least 4 members (excludes halogenated alkanes) is 18. The SMILES string of the molecule is CCCCCCCCCCCC(=O)[O-].CCCCCCCCCCCC(=O)[O-].CCC[CH2][Sn+2][CH2]CCC.CN(C)CCO.FC(Cl)(Cl)Cl. The third-order valence-electron chi connectivity index (χ3n) is 6.93. The van der Waals surface area contributed by atoms with Crippen molar-refractivity contribution in [2.45, 2.75) is 195 Å². The monoisotopic (exact) mass is 857 g/mol. The molecule has 0 saturated heterocycles. The first-order chi connectivity index (χ1) is 22.7. The Morgan fingerprint density at radius 2 is 0.833 bits per heavy atom. The van der Waals surface area contributed by atoms with Crippen LogP contribution in [0.25, 0.3) is 0 Å². The first-order valence-corrected chi connectivity index (χ1v) is 24.0. The van der Waals surface area contributed by atoms with E-state index in [1.807, 2.05) is 19.0 Å². The number of carboxylic acid groups (broad SMARTS) is 2. The normalized spacial score (nSPS) is 10.2. The molecule has 0 aromatic carbocycles. The summed E-state index contributed by atoms with van der Waals surface area (Å²) in [6.07, 6.45) is 28.2. The molecule has 6 nitrogen and oxygen atoms in total. The molecular formula is C37H75Cl3FNO5Sn. The average molecular weight is 858 g/mol. The largest absolute Gasteiger partial charge is 0.395 e. The smallest absolute Gasteiger partial charge is 0.333 e. The van der Waals surface area contributed by atoms with Gasteiger partial charge in [0.2, 0.25) is 0 Å². The Kier molecular flexibility index (Phi) is 62.4. The maximum Gasteiger partial charge on any atom is 0.333 e. The zero-order chi connectivity index (χ0) is 37.7. The number of likely N-dealkylation sites (N-methyl/N-ethyl adjacent to an activating group) is 1. The molecule has 1 N–H and O–H groups in total. The van der Waals surface area contributed by atoms with Crippen molar-refractivity contribution >= 4 is 67.9 Å². The van der Waals surface area contributed by atoms with Gasteiger partial charge in [0.05, 0.1) is 6.61 Å². The third-order valence-corrected chi connectivity index (χ3v) is 11.0. The van der Waals surface area contributed by atoms with Crippen molar-refractivity contribution in [1.82, 2.24) is 4.90 Å². The van der Waals surface area contributed by atoms with Crippen LogP contribution in [0.2, 0.25) is 8.87 Å². The number of alkyl halides is 4. The van der Waals surface area contributed by atoms with Crippen molar-refractivity contribution in [1.29, 1.82) is 0 Å². The van der Waals surface area contributed by atoms with Crippen molar-refractivity contribution in [2.75, 3.05) is 27.2 Å². The predicted octanol–water partition coefficient (Wildman–Crippen LogP) is 10.3. The van der Waals surface area contributed by atoms with Crippen LogP contribution >= 0.6 is 34.8 Å². The first-order valence-electron chi connectivity index (χ1n) is 18.8. The van der Waals surface area contributed by atoms with E-state index in [0.29, 0.717) is 0 Å². The fourth-order valence-electron chi connectivity index (χ4n) is 4.09. The van der Waals surface area contributed by atoms with Gasteiger partial charge in [0.25, 0.3) is 0 Å². The van der Waals surface area contributed by atoms with Crippen LogP contribution in [0.1, 0.15) is 182 Å². The number of nitrogens with zero attached hydrogens (tertiary/aromatic N) is 1. The standard InChI is InChI=1S/2C12H24O2.C4H11NO.2C4H9.CCl3F.Sn/c2*1-2-3-4-5-6-7-8-9-10-11-12(13)14;1-5(2)3-4-6;2*1-3-4-2;2-1(3,4)5;/h2*2-11H2,1H3,(H,13,14);6H,3-4H2,1-2H3;2*1,3-4H2,2H3;;/q;;;;;;+2/p-2. The van der Waals surface area contributed by atoms with Crippen LogP contribution in [0.4, 0.5) is 4.39 Å².